The van der Waals surface area contributed by atoms with Crippen molar-refractivity contribution in [2.45, 2.75) is 13.3 Å². The van der Waals surface area contributed by atoms with Crippen molar-refractivity contribution in [3.63, 3.8) is 0 Å². The van der Waals surface area contributed by atoms with E-state index < -0.39 is 5.97 Å². The first-order valence-corrected chi connectivity index (χ1v) is 8.31. The Balaban J connectivity index is 1.81. The summed E-state index contributed by atoms with van der Waals surface area (Å²) in [6.07, 6.45) is 0.363. The van der Waals surface area contributed by atoms with Crippen LogP contribution in [0.1, 0.15) is 11.1 Å². The van der Waals surface area contributed by atoms with Crippen LogP contribution in [0.2, 0.25) is 0 Å². The van der Waals surface area contributed by atoms with Crippen molar-refractivity contribution in [3.8, 4) is 11.5 Å². The highest BCUT2D eigenvalue weighted by Crippen LogP contribution is 2.25. The van der Waals surface area contributed by atoms with Gasteiger partial charge in [-0.05, 0) is 58.2 Å². The smallest absolute Gasteiger partial charge is 0.372 e. The second-order valence-electron chi connectivity index (χ2n) is 5.29. The molecule has 132 valence electrons. The van der Waals surface area contributed by atoms with Gasteiger partial charge in [-0.1, -0.05) is 23.4 Å². The highest BCUT2D eigenvalue weighted by atomic mass is 79.9. The van der Waals surface area contributed by atoms with Crippen molar-refractivity contribution in [3.05, 3.63) is 58.1 Å². The lowest BCUT2D eigenvalue weighted by molar-refractivity contribution is -0.146. The Labute approximate surface area is 154 Å². The molecule has 0 bridgehead atoms. The molecule has 0 radical (unpaired) electrons. The van der Waals surface area contributed by atoms with Gasteiger partial charge in [0, 0.05) is 6.42 Å². The third kappa shape index (κ3) is 6.11. The molecule has 0 aliphatic carbocycles. The minimum atomic E-state index is -0.634. The number of amidine groups is 1. The standard InChI is InChI=1S/C18H19BrN2O4/c1-12-3-8-16(15(19)9-12)24-11-18(22)25-21-17(20)10-13-4-6-14(23-2)7-5-13/h3-9H,10-11H2,1-2H3,(H2,20,21). The second-order valence-corrected chi connectivity index (χ2v) is 6.15. The van der Waals surface area contributed by atoms with Gasteiger partial charge in [0.15, 0.2) is 6.61 Å². The first-order valence-electron chi connectivity index (χ1n) is 7.52. The zero-order valence-corrected chi connectivity index (χ0v) is 15.6. The van der Waals surface area contributed by atoms with Crippen LogP contribution in [0, 0.1) is 6.92 Å². The van der Waals surface area contributed by atoms with Crippen LogP contribution in [0.3, 0.4) is 0 Å². The number of benzene rings is 2. The van der Waals surface area contributed by atoms with Gasteiger partial charge < -0.3 is 20.0 Å². The van der Waals surface area contributed by atoms with Crippen molar-refractivity contribution < 1.29 is 19.1 Å². The summed E-state index contributed by atoms with van der Waals surface area (Å²) in [6.45, 7) is 1.70. The topological polar surface area (TPSA) is 83.1 Å². The van der Waals surface area contributed by atoms with Crippen LogP contribution in [0.4, 0.5) is 0 Å². The van der Waals surface area contributed by atoms with Gasteiger partial charge in [-0.25, -0.2) is 4.79 Å². The number of nitrogens with zero attached hydrogens (tertiary/aromatic N) is 1. The maximum absolute atomic E-state index is 11.7. The molecule has 0 unspecified atom stereocenters. The summed E-state index contributed by atoms with van der Waals surface area (Å²) in [4.78, 5) is 16.5. The maximum Gasteiger partial charge on any atom is 0.372 e. The van der Waals surface area contributed by atoms with Crippen LogP contribution in [0.15, 0.2) is 52.1 Å². The molecular weight excluding hydrogens is 388 g/mol. The van der Waals surface area contributed by atoms with E-state index in [2.05, 4.69) is 21.1 Å². The molecule has 0 spiro atoms. The average molecular weight is 407 g/mol. The lowest BCUT2D eigenvalue weighted by Gasteiger charge is -2.07. The monoisotopic (exact) mass is 406 g/mol. The molecule has 0 aliphatic rings. The highest BCUT2D eigenvalue weighted by Gasteiger charge is 2.08. The van der Waals surface area contributed by atoms with Crippen LogP contribution in [-0.4, -0.2) is 25.5 Å². The predicted molar refractivity (Wildman–Crippen MR) is 98.8 cm³/mol. The molecule has 2 N–H and O–H groups in total. The average Bonchev–Trinajstić information content (AvgIpc) is 2.60. The molecule has 2 aromatic carbocycles. The van der Waals surface area contributed by atoms with E-state index >= 15 is 0 Å². The van der Waals surface area contributed by atoms with Gasteiger partial charge >= 0.3 is 5.97 Å². The fourth-order valence-corrected chi connectivity index (χ4v) is 2.59. The summed E-state index contributed by atoms with van der Waals surface area (Å²) in [5.74, 6) is 0.864. The number of hydrogen-bond acceptors (Lipinski definition) is 5. The van der Waals surface area contributed by atoms with Gasteiger partial charge in [0.25, 0.3) is 0 Å². The van der Waals surface area contributed by atoms with E-state index in [1.165, 1.54) is 0 Å². The van der Waals surface area contributed by atoms with E-state index in [4.69, 9.17) is 20.0 Å². The van der Waals surface area contributed by atoms with Gasteiger partial charge in [-0.15, -0.1) is 0 Å². The van der Waals surface area contributed by atoms with Gasteiger partial charge in [0.1, 0.15) is 17.3 Å². The number of halogens is 1. The molecular formula is C18H19BrN2O4. The third-order valence-electron chi connectivity index (χ3n) is 3.24. The van der Waals surface area contributed by atoms with Crippen molar-refractivity contribution in [1.82, 2.24) is 0 Å². The Kier molecular flexibility index (Phi) is 6.82. The summed E-state index contributed by atoms with van der Waals surface area (Å²) in [5.41, 5.74) is 7.78. The fraction of sp³-hybridized carbons (Fsp3) is 0.222. The molecule has 0 saturated heterocycles. The quantitative estimate of drug-likeness (QED) is 0.330. The van der Waals surface area contributed by atoms with E-state index in [-0.39, 0.29) is 12.4 Å². The second kappa shape index (κ2) is 9.08. The van der Waals surface area contributed by atoms with Crippen LogP contribution < -0.4 is 15.2 Å². The molecule has 0 aliphatic heterocycles. The molecule has 2 aromatic rings. The molecule has 0 amide bonds. The predicted octanol–water partition coefficient (Wildman–Crippen LogP) is 3.20. The molecule has 0 fully saturated rings. The Morgan fingerprint density at radius 3 is 2.56 bits per heavy atom. The molecule has 0 saturated carbocycles. The molecule has 0 atom stereocenters. The number of hydrogen-bond donors (Lipinski definition) is 1. The summed E-state index contributed by atoms with van der Waals surface area (Å²) in [6, 6.07) is 12.9. The Morgan fingerprint density at radius 2 is 1.92 bits per heavy atom. The third-order valence-corrected chi connectivity index (χ3v) is 3.86. The van der Waals surface area contributed by atoms with Gasteiger partial charge in [0.2, 0.25) is 0 Å². The first-order chi connectivity index (χ1) is 12.0. The summed E-state index contributed by atoms with van der Waals surface area (Å²) >= 11 is 3.37. The first kappa shape index (κ1) is 18.8. The summed E-state index contributed by atoms with van der Waals surface area (Å²) in [5, 5.41) is 3.63. The number of oxime groups is 1. The van der Waals surface area contributed by atoms with Crippen molar-refractivity contribution >= 4 is 27.7 Å². The molecule has 2 rings (SSSR count). The van der Waals surface area contributed by atoms with E-state index in [0.717, 1.165) is 21.3 Å². The minimum Gasteiger partial charge on any atom is -0.497 e. The lowest BCUT2D eigenvalue weighted by Crippen LogP contribution is -2.19. The molecule has 0 aromatic heterocycles. The van der Waals surface area contributed by atoms with Gasteiger partial charge in [0.05, 0.1) is 11.6 Å². The fourth-order valence-electron chi connectivity index (χ4n) is 1.98. The van der Waals surface area contributed by atoms with E-state index in [1.54, 1.807) is 13.2 Å². The van der Waals surface area contributed by atoms with Gasteiger partial charge in [-0.3, -0.25) is 0 Å². The van der Waals surface area contributed by atoms with E-state index in [1.807, 2.05) is 43.3 Å². The van der Waals surface area contributed by atoms with Crippen molar-refractivity contribution in [1.29, 1.82) is 0 Å². The molecule has 0 heterocycles. The largest absolute Gasteiger partial charge is 0.497 e. The van der Waals surface area contributed by atoms with Gasteiger partial charge in [-0.2, -0.15) is 0 Å². The zero-order chi connectivity index (χ0) is 18.2. The Hall–Kier alpha value is -2.54. The van der Waals surface area contributed by atoms with Crippen molar-refractivity contribution in [2.24, 2.45) is 10.9 Å². The Bertz CT molecular complexity index is 760. The van der Waals surface area contributed by atoms with Crippen LogP contribution in [-0.2, 0) is 16.1 Å². The van der Waals surface area contributed by atoms with Crippen LogP contribution >= 0.6 is 15.9 Å². The van der Waals surface area contributed by atoms with Crippen molar-refractivity contribution in [2.75, 3.05) is 13.7 Å². The summed E-state index contributed by atoms with van der Waals surface area (Å²) < 4.78 is 11.2. The van der Waals surface area contributed by atoms with E-state index in [9.17, 15) is 4.79 Å². The van der Waals surface area contributed by atoms with Crippen LogP contribution in [0.5, 0.6) is 11.5 Å². The molecule has 6 nitrogen and oxygen atoms in total. The molecule has 25 heavy (non-hydrogen) atoms. The van der Waals surface area contributed by atoms with Crippen LogP contribution in [0.25, 0.3) is 0 Å². The number of carbonyl (C=O) groups excluding carboxylic acids is 1. The zero-order valence-electron chi connectivity index (χ0n) is 14.0. The number of ether oxygens (including phenoxy) is 2. The maximum atomic E-state index is 11.7. The minimum absolute atomic E-state index is 0.190. The number of rotatable bonds is 7. The number of nitrogens with two attached hydrogens (primary N) is 1. The Morgan fingerprint density at radius 1 is 1.20 bits per heavy atom. The number of carbonyl (C=O) groups is 1. The van der Waals surface area contributed by atoms with E-state index in [0.29, 0.717) is 12.2 Å². The number of methoxy groups -OCH3 is 1. The highest BCUT2D eigenvalue weighted by molar-refractivity contribution is 9.10. The molecule has 7 heteroatoms. The summed E-state index contributed by atoms with van der Waals surface area (Å²) in [7, 11) is 1.60. The SMILES string of the molecule is COc1ccc(CC(N)=NOC(=O)COc2ccc(C)cc2Br)cc1. The number of aryl methyl sites for hydroxylation is 1. The lowest BCUT2D eigenvalue weighted by atomic mass is 10.1. The normalized spacial score (nSPS) is 11.1.